The van der Waals surface area contributed by atoms with Crippen molar-refractivity contribution in [1.82, 2.24) is 15.1 Å². The predicted molar refractivity (Wildman–Crippen MR) is 140 cm³/mol. The molecule has 1 atom stereocenters. The van der Waals surface area contributed by atoms with Crippen LogP contribution in [-0.2, 0) is 40.2 Å². The highest BCUT2D eigenvalue weighted by Crippen LogP contribution is 2.39. The van der Waals surface area contributed by atoms with Gasteiger partial charge in [-0.3, -0.25) is 19.7 Å². The van der Waals surface area contributed by atoms with Crippen LogP contribution >= 0.6 is 0 Å². The molecule has 1 N–H and O–H groups in total. The molecule has 0 radical (unpaired) electrons. The van der Waals surface area contributed by atoms with E-state index >= 15 is 0 Å². The summed E-state index contributed by atoms with van der Waals surface area (Å²) >= 11 is 0. The molecule has 0 unspecified atom stereocenters. The number of nitrogens with zero attached hydrogens (tertiary/aromatic N) is 2. The first kappa shape index (κ1) is 27.0. The van der Waals surface area contributed by atoms with Crippen LogP contribution in [0.2, 0.25) is 0 Å². The Morgan fingerprint density at radius 3 is 2.26 bits per heavy atom. The summed E-state index contributed by atoms with van der Waals surface area (Å²) in [5, 5.41) is 2.38. The lowest BCUT2D eigenvalue weighted by molar-refractivity contribution is -0.146. The minimum Gasteiger partial charge on any atom is -0.331 e. The number of fused-ring (bicyclic) bond motifs is 1. The highest BCUT2D eigenvalue weighted by Gasteiger charge is 2.54. The van der Waals surface area contributed by atoms with Crippen molar-refractivity contribution in [3.63, 3.8) is 0 Å². The molecule has 9 heteroatoms. The van der Waals surface area contributed by atoms with Gasteiger partial charge in [-0.15, -0.1) is 0 Å². The summed E-state index contributed by atoms with van der Waals surface area (Å²) in [7, 11) is 1.61. The lowest BCUT2D eigenvalue weighted by Gasteiger charge is -2.37. The van der Waals surface area contributed by atoms with Gasteiger partial charge >= 0.3 is 6.03 Å². The Kier molecular flexibility index (Phi) is 7.03. The first-order valence-electron chi connectivity index (χ1n) is 13.5. The van der Waals surface area contributed by atoms with Crippen LogP contribution in [0.3, 0.4) is 0 Å². The standard InChI is InChI=1S/C30H33F2N3O4/c1-29(8-4-3-5-9-29)27(38)35(17-20-11-23(31)14-24(32)12-20)18-25(36)13-19-6-7-21-15-30(16-22(21)10-19)26(37)33-28(39)34(30)2/h6-7,10-12,14H,3-5,8-9,13,15-18H2,1-2H3,(H,33,37,39)/t30-/m0/s1. The van der Waals surface area contributed by atoms with E-state index in [1.807, 2.05) is 25.1 Å². The number of rotatable bonds is 7. The molecule has 7 nitrogen and oxygen atoms in total. The minimum absolute atomic E-state index is 0.0585. The Bertz CT molecular complexity index is 1330. The van der Waals surface area contributed by atoms with E-state index in [4.69, 9.17) is 0 Å². The maximum atomic E-state index is 13.9. The van der Waals surface area contributed by atoms with E-state index < -0.39 is 28.6 Å². The number of hydrogen-bond donors (Lipinski definition) is 1. The van der Waals surface area contributed by atoms with Crippen LogP contribution in [0.4, 0.5) is 13.6 Å². The van der Waals surface area contributed by atoms with Crippen molar-refractivity contribution in [2.75, 3.05) is 13.6 Å². The van der Waals surface area contributed by atoms with Gasteiger partial charge in [0.15, 0.2) is 5.78 Å². The Morgan fingerprint density at radius 2 is 1.62 bits per heavy atom. The van der Waals surface area contributed by atoms with Gasteiger partial charge in [-0.1, -0.05) is 44.4 Å². The zero-order valence-electron chi connectivity index (χ0n) is 22.3. The highest BCUT2D eigenvalue weighted by molar-refractivity contribution is 6.07. The second kappa shape index (κ2) is 10.2. The lowest BCUT2D eigenvalue weighted by Crippen LogP contribution is -2.48. The van der Waals surface area contributed by atoms with E-state index in [0.717, 1.165) is 42.0 Å². The van der Waals surface area contributed by atoms with Gasteiger partial charge in [-0.05, 0) is 47.2 Å². The Morgan fingerprint density at radius 1 is 0.949 bits per heavy atom. The fourth-order valence-electron chi connectivity index (χ4n) is 6.41. The van der Waals surface area contributed by atoms with Crippen molar-refractivity contribution < 1.29 is 28.0 Å². The molecule has 39 heavy (non-hydrogen) atoms. The van der Waals surface area contributed by atoms with Crippen LogP contribution in [0.5, 0.6) is 0 Å². The number of urea groups is 1. The molecule has 1 heterocycles. The lowest BCUT2D eigenvalue weighted by atomic mass is 9.74. The smallest absolute Gasteiger partial charge is 0.324 e. The number of halogens is 2. The van der Waals surface area contributed by atoms with Crippen LogP contribution in [0.15, 0.2) is 36.4 Å². The van der Waals surface area contributed by atoms with E-state index in [2.05, 4.69) is 5.32 Å². The average molecular weight is 538 g/mol. The van der Waals surface area contributed by atoms with Crippen molar-refractivity contribution in [3.05, 3.63) is 70.3 Å². The van der Waals surface area contributed by atoms with Gasteiger partial charge in [0.25, 0.3) is 5.91 Å². The minimum atomic E-state index is -0.944. The summed E-state index contributed by atoms with van der Waals surface area (Å²) in [6.45, 7) is 1.68. The van der Waals surface area contributed by atoms with Crippen LogP contribution in [0, 0.1) is 17.0 Å². The summed E-state index contributed by atoms with van der Waals surface area (Å²) in [5.41, 5.74) is 1.35. The number of carbonyl (C=O) groups excluding carboxylic acids is 4. The Balaban J connectivity index is 1.33. The number of Topliss-reactive ketones (excluding diaryl/α,β-unsaturated/α-hetero) is 1. The van der Waals surface area contributed by atoms with Gasteiger partial charge in [-0.25, -0.2) is 13.6 Å². The van der Waals surface area contributed by atoms with Crippen molar-refractivity contribution in [2.45, 2.75) is 70.4 Å². The third kappa shape index (κ3) is 5.18. The summed E-state index contributed by atoms with van der Waals surface area (Å²) in [6, 6.07) is 8.35. The number of likely N-dealkylation sites (N-methyl/N-ethyl adjacent to an activating group) is 1. The number of benzene rings is 2. The number of nitrogens with one attached hydrogen (secondary N) is 1. The molecule has 3 aliphatic rings. The van der Waals surface area contributed by atoms with E-state index in [1.54, 1.807) is 7.05 Å². The number of imide groups is 1. The molecule has 2 aromatic carbocycles. The third-order valence-corrected chi connectivity index (χ3v) is 8.65. The first-order valence-corrected chi connectivity index (χ1v) is 13.5. The van der Waals surface area contributed by atoms with Gasteiger partial charge in [0.1, 0.15) is 17.2 Å². The molecule has 5 rings (SSSR count). The van der Waals surface area contributed by atoms with Gasteiger partial charge in [-0.2, -0.15) is 0 Å². The van der Waals surface area contributed by atoms with Crippen LogP contribution < -0.4 is 5.32 Å². The molecule has 1 saturated heterocycles. The molecular weight excluding hydrogens is 504 g/mol. The molecule has 2 aromatic rings. The average Bonchev–Trinajstić information content (AvgIpc) is 3.35. The summed E-state index contributed by atoms with van der Waals surface area (Å²) < 4.78 is 27.8. The van der Waals surface area contributed by atoms with E-state index in [1.165, 1.54) is 21.9 Å². The molecule has 0 aromatic heterocycles. The third-order valence-electron chi connectivity index (χ3n) is 8.65. The maximum Gasteiger partial charge on any atom is 0.324 e. The van der Waals surface area contributed by atoms with Crippen LogP contribution in [0.1, 0.15) is 61.3 Å². The molecule has 206 valence electrons. The highest BCUT2D eigenvalue weighted by atomic mass is 19.1. The molecule has 2 aliphatic carbocycles. The normalized spacial score (nSPS) is 21.7. The van der Waals surface area contributed by atoms with Crippen molar-refractivity contribution in [3.8, 4) is 0 Å². The Hall–Kier alpha value is -3.62. The zero-order valence-corrected chi connectivity index (χ0v) is 22.3. The topological polar surface area (TPSA) is 86.8 Å². The van der Waals surface area contributed by atoms with Gasteiger partial charge < -0.3 is 9.80 Å². The predicted octanol–water partition coefficient (Wildman–Crippen LogP) is 4.09. The van der Waals surface area contributed by atoms with Crippen molar-refractivity contribution in [1.29, 1.82) is 0 Å². The van der Waals surface area contributed by atoms with E-state index in [9.17, 15) is 28.0 Å². The molecule has 1 spiro atoms. The zero-order chi connectivity index (χ0) is 27.9. The molecular formula is C30H33F2N3O4. The van der Waals surface area contributed by atoms with Crippen molar-refractivity contribution >= 4 is 23.6 Å². The molecule has 1 aliphatic heterocycles. The summed E-state index contributed by atoms with van der Waals surface area (Å²) in [6.07, 6.45) is 5.18. The maximum absolute atomic E-state index is 13.9. The van der Waals surface area contributed by atoms with Crippen molar-refractivity contribution in [2.24, 2.45) is 5.41 Å². The first-order chi connectivity index (χ1) is 18.5. The monoisotopic (exact) mass is 537 g/mol. The van der Waals surface area contributed by atoms with Crippen LogP contribution in [-0.4, -0.2) is 52.6 Å². The molecule has 2 fully saturated rings. The van der Waals surface area contributed by atoms with Gasteiger partial charge in [0.2, 0.25) is 5.91 Å². The van der Waals surface area contributed by atoms with Gasteiger partial charge in [0, 0.05) is 44.3 Å². The van der Waals surface area contributed by atoms with Gasteiger partial charge in [0.05, 0.1) is 6.54 Å². The largest absolute Gasteiger partial charge is 0.331 e. The fourth-order valence-corrected chi connectivity index (χ4v) is 6.41. The Labute approximate surface area is 226 Å². The SMILES string of the molecule is CN1C(=O)NC(=O)[C@@]12Cc1ccc(CC(=O)CN(Cc3cc(F)cc(F)c3)C(=O)C3(C)CCCCC3)cc1C2. The molecule has 4 amide bonds. The fraction of sp³-hybridized carbons (Fsp3) is 0.467. The quantitative estimate of drug-likeness (QED) is 0.539. The molecule has 0 bridgehead atoms. The number of hydrogen-bond acceptors (Lipinski definition) is 4. The number of ketones is 1. The second-order valence-corrected chi connectivity index (χ2v) is 11.6. The van der Waals surface area contributed by atoms with E-state index in [-0.39, 0.29) is 37.1 Å². The van der Waals surface area contributed by atoms with E-state index in [0.29, 0.717) is 31.2 Å². The number of amides is 4. The summed E-state index contributed by atoms with van der Waals surface area (Å²) in [4.78, 5) is 54.5. The molecule has 1 saturated carbocycles. The second-order valence-electron chi connectivity index (χ2n) is 11.6. The number of carbonyl (C=O) groups is 4. The van der Waals surface area contributed by atoms with Crippen LogP contribution in [0.25, 0.3) is 0 Å². The summed E-state index contributed by atoms with van der Waals surface area (Å²) in [5.74, 6) is -2.14.